The van der Waals surface area contributed by atoms with Crippen molar-refractivity contribution in [2.75, 3.05) is 0 Å². The Labute approximate surface area is 113 Å². The molecule has 0 aliphatic carbocycles. The largest absolute Gasteiger partial charge is 0.319 e. The van der Waals surface area contributed by atoms with Crippen LogP contribution in [0.4, 0.5) is 0 Å². The number of benzene rings is 1. The van der Waals surface area contributed by atoms with Gasteiger partial charge in [0.1, 0.15) is 0 Å². The highest BCUT2D eigenvalue weighted by atomic mass is 79.9. The molecule has 0 bridgehead atoms. The summed E-state index contributed by atoms with van der Waals surface area (Å²) < 4.78 is 2.67. The predicted octanol–water partition coefficient (Wildman–Crippen LogP) is 2.76. The van der Waals surface area contributed by atoms with Crippen LogP contribution in [-0.2, 0) is 6.54 Å². The van der Waals surface area contributed by atoms with Gasteiger partial charge in [0, 0.05) is 16.0 Å². The van der Waals surface area contributed by atoms with Crippen molar-refractivity contribution in [1.82, 2.24) is 15.0 Å². The van der Waals surface area contributed by atoms with Gasteiger partial charge >= 0.3 is 0 Å². The average molecular weight is 316 g/mol. The molecule has 0 fully saturated rings. The van der Waals surface area contributed by atoms with Gasteiger partial charge in [-0.05, 0) is 24.6 Å². The Kier molecular flexibility index (Phi) is 3.81. The summed E-state index contributed by atoms with van der Waals surface area (Å²) in [6.07, 6.45) is 1.69. The second-order valence-electron chi connectivity index (χ2n) is 3.62. The first-order chi connectivity index (χ1) is 8.13. The summed E-state index contributed by atoms with van der Waals surface area (Å²) in [4.78, 5) is 0. The van der Waals surface area contributed by atoms with E-state index < -0.39 is 0 Å². The number of nitrogens with zero attached hydrogens (tertiary/aromatic N) is 3. The van der Waals surface area contributed by atoms with Crippen LogP contribution in [0, 0.1) is 0 Å². The molecule has 0 spiro atoms. The van der Waals surface area contributed by atoms with Crippen LogP contribution < -0.4 is 5.73 Å². The zero-order valence-corrected chi connectivity index (χ0v) is 11.6. The van der Waals surface area contributed by atoms with Crippen LogP contribution in [0.2, 0.25) is 5.02 Å². The molecule has 0 saturated heterocycles. The van der Waals surface area contributed by atoms with Crippen molar-refractivity contribution in [3.05, 3.63) is 45.1 Å². The van der Waals surface area contributed by atoms with Gasteiger partial charge in [-0.3, -0.25) is 0 Å². The highest BCUT2D eigenvalue weighted by Crippen LogP contribution is 2.28. The Morgan fingerprint density at radius 2 is 2.29 bits per heavy atom. The molecular weight excluding hydrogens is 304 g/mol. The van der Waals surface area contributed by atoms with Crippen molar-refractivity contribution in [2.45, 2.75) is 19.5 Å². The molecule has 2 aromatic rings. The fourth-order valence-corrected chi connectivity index (χ4v) is 2.59. The van der Waals surface area contributed by atoms with Crippen molar-refractivity contribution in [3.63, 3.8) is 0 Å². The van der Waals surface area contributed by atoms with E-state index in [-0.39, 0.29) is 6.04 Å². The van der Waals surface area contributed by atoms with Crippen LogP contribution in [0.15, 0.2) is 28.9 Å². The zero-order valence-electron chi connectivity index (χ0n) is 9.27. The van der Waals surface area contributed by atoms with Crippen LogP contribution in [0.1, 0.15) is 24.2 Å². The molecule has 0 radical (unpaired) electrons. The van der Waals surface area contributed by atoms with Crippen LogP contribution in [0.3, 0.4) is 0 Å². The summed E-state index contributed by atoms with van der Waals surface area (Å²) in [6, 6.07) is 5.29. The first kappa shape index (κ1) is 12.5. The minimum atomic E-state index is -0.267. The van der Waals surface area contributed by atoms with E-state index in [1.165, 1.54) is 0 Å². The average Bonchev–Trinajstić information content (AvgIpc) is 2.76. The lowest BCUT2D eigenvalue weighted by atomic mass is 10.1. The van der Waals surface area contributed by atoms with E-state index in [2.05, 4.69) is 26.2 Å². The smallest absolute Gasteiger partial charge is 0.0800 e. The number of hydrogen-bond acceptors (Lipinski definition) is 3. The summed E-state index contributed by atoms with van der Waals surface area (Å²) in [5, 5.41) is 8.53. The Hall–Kier alpha value is -0.910. The lowest BCUT2D eigenvalue weighted by Gasteiger charge is -2.14. The Bertz CT molecular complexity index is 526. The molecule has 90 valence electrons. The summed E-state index contributed by atoms with van der Waals surface area (Å²) in [6.45, 7) is 2.75. The van der Waals surface area contributed by atoms with Gasteiger partial charge in [0.25, 0.3) is 0 Å². The molecule has 1 unspecified atom stereocenters. The number of halogens is 2. The van der Waals surface area contributed by atoms with E-state index in [0.717, 1.165) is 22.3 Å². The van der Waals surface area contributed by atoms with E-state index in [4.69, 9.17) is 17.3 Å². The Morgan fingerprint density at radius 3 is 2.94 bits per heavy atom. The van der Waals surface area contributed by atoms with E-state index in [1.807, 2.05) is 25.1 Å². The maximum absolute atomic E-state index is 6.21. The Balaban J connectivity index is 2.40. The summed E-state index contributed by atoms with van der Waals surface area (Å²) in [7, 11) is 0. The topological polar surface area (TPSA) is 56.7 Å². The maximum Gasteiger partial charge on any atom is 0.0800 e. The normalized spacial score (nSPS) is 12.7. The lowest BCUT2D eigenvalue weighted by Crippen LogP contribution is -2.17. The molecule has 0 aliphatic rings. The minimum Gasteiger partial charge on any atom is -0.319 e. The summed E-state index contributed by atoms with van der Waals surface area (Å²) in [5.74, 6) is 0. The molecule has 0 saturated carbocycles. The number of hydrogen-bond donors (Lipinski definition) is 1. The molecule has 1 heterocycles. The number of aryl methyl sites for hydroxylation is 1. The standard InChI is InChI=1S/C11H12BrClN4/c1-2-17-10(6-15-16-17)11(14)8-4-3-7(13)5-9(8)12/h3-6,11H,2,14H2,1H3. The molecule has 0 amide bonds. The van der Waals surface area contributed by atoms with Crippen molar-refractivity contribution >= 4 is 27.5 Å². The van der Waals surface area contributed by atoms with Gasteiger partial charge in [-0.15, -0.1) is 5.10 Å². The molecule has 17 heavy (non-hydrogen) atoms. The molecule has 4 nitrogen and oxygen atoms in total. The van der Waals surface area contributed by atoms with Crippen molar-refractivity contribution in [1.29, 1.82) is 0 Å². The third-order valence-electron chi connectivity index (χ3n) is 2.56. The minimum absolute atomic E-state index is 0.267. The van der Waals surface area contributed by atoms with E-state index >= 15 is 0 Å². The van der Waals surface area contributed by atoms with Crippen molar-refractivity contribution in [2.24, 2.45) is 5.73 Å². The molecule has 2 N–H and O–H groups in total. The van der Waals surface area contributed by atoms with E-state index in [0.29, 0.717) is 5.02 Å². The summed E-state index contributed by atoms with van der Waals surface area (Å²) >= 11 is 9.37. The second kappa shape index (κ2) is 5.16. The van der Waals surface area contributed by atoms with Crippen molar-refractivity contribution in [3.8, 4) is 0 Å². The molecule has 6 heteroatoms. The van der Waals surface area contributed by atoms with E-state index in [1.54, 1.807) is 10.9 Å². The Morgan fingerprint density at radius 1 is 1.53 bits per heavy atom. The third kappa shape index (κ3) is 2.51. The quantitative estimate of drug-likeness (QED) is 0.947. The number of aromatic nitrogens is 3. The SMILES string of the molecule is CCn1nncc1C(N)c1ccc(Cl)cc1Br. The van der Waals surface area contributed by atoms with Crippen molar-refractivity contribution < 1.29 is 0 Å². The van der Waals surface area contributed by atoms with Gasteiger partial charge in [-0.2, -0.15) is 0 Å². The third-order valence-corrected chi connectivity index (χ3v) is 3.49. The zero-order chi connectivity index (χ0) is 12.4. The molecule has 0 aliphatic heterocycles. The maximum atomic E-state index is 6.21. The molecule has 1 aromatic heterocycles. The lowest BCUT2D eigenvalue weighted by molar-refractivity contribution is 0.581. The van der Waals surface area contributed by atoms with Crippen LogP contribution in [0.25, 0.3) is 0 Å². The van der Waals surface area contributed by atoms with Gasteiger partial charge in [0.2, 0.25) is 0 Å². The van der Waals surface area contributed by atoms with Gasteiger partial charge < -0.3 is 5.73 Å². The van der Waals surface area contributed by atoms with Gasteiger partial charge in [0.05, 0.1) is 17.9 Å². The number of nitrogens with two attached hydrogens (primary N) is 1. The first-order valence-electron chi connectivity index (χ1n) is 5.22. The first-order valence-corrected chi connectivity index (χ1v) is 6.39. The highest BCUT2D eigenvalue weighted by Gasteiger charge is 2.16. The van der Waals surface area contributed by atoms with E-state index in [9.17, 15) is 0 Å². The fraction of sp³-hybridized carbons (Fsp3) is 0.273. The monoisotopic (exact) mass is 314 g/mol. The molecule has 2 rings (SSSR count). The molecular formula is C11H12BrClN4. The predicted molar refractivity (Wildman–Crippen MR) is 70.9 cm³/mol. The second-order valence-corrected chi connectivity index (χ2v) is 4.91. The number of rotatable bonds is 3. The van der Waals surface area contributed by atoms with Gasteiger partial charge in [-0.25, -0.2) is 4.68 Å². The van der Waals surface area contributed by atoms with Crippen LogP contribution in [0.5, 0.6) is 0 Å². The van der Waals surface area contributed by atoms with Gasteiger partial charge in [0.15, 0.2) is 0 Å². The molecule has 1 aromatic carbocycles. The fourth-order valence-electron chi connectivity index (χ4n) is 1.67. The van der Waals surface area contributed by atoms with Crippen LogP contribution >= 0.6 is 27.5 Å². The van der Waals surface area contributed by atoms with Crippen LogP contribution in [-0.4, -0.2) is 15.0 Å². The summed E-state index contributed by atoms with van der Waals surface area (Å²) in [5.41, 5.74) is 8.06. The molecule has 1 atom stereocenters. The highest BCUT2D eigenvalue weighted by molar-refractivity contribution is 9.10. The van der Waals surface area contributed by atoms with Gasteiger partial charge in [-0.1, -0.05) is 38.8 Å².